The van der Waals surface area contributed by atoms with Crippen molar-refractivity contribution in [1.82, 2.24) is 9.80 Å². The molecule has 0 spiro atoms. The fourth-order valence-electron chi connectivity index (χ4n) is 6.80. The average Bonchev–Trinajstić information content (AvgIpc) is 2.76. The molecule has 0 amide bonds. The van der Waals surface area contributed by atoms with Crippen molar-refractivity contribution in [3.63, 3.8) is 0 Å². The highest BCUT2D eigenvalue weighted by molar-refractivity contribution is 5.81. The molecule has 0 saturated carbocycles. The monoisotopic (exact) mass is 406 g/mol. The zero-order valence-electron chi connectivity index (χ0n) is 17.4. The minimum Gasteiger partial charge on any atom is -0.507 e. The number of rotatable bonds is 2. The van der Waals surface area contributed by atoms with E-state index in [0.717, 1.165) is 35.9 Å². The minimum atomic E-state index is -0.363. The van der Waals surface area contributed by atoms with Crippen molar-refractivity contribution in [2.24, 2.45) is 11.8 Å². The smallest absolute Gasteiger partial charge is 0.336 e. The highest BCUT2D eigenvalue weighted by Gasteiger charge is 2.45. The van der Waals surface area contributed by atoms with Gasteiger partial charge in [0.1, 0.15) is 11.3 Å². The zero-order chi connectivity index (χ0) is 20.2. The summed E-state index contributed by atoms with van der Waals surface area (Å²) in [6, 6.07) is 7.99. The van der Waals surface area contributed by atoms with Crippen LogP contribution < -0.4 is 5.63 Å². The van der Waals surface area contributed by atoms with Crippen LogP contribution in [0.5, 0.6) is 5.75 Å². The number of benzene rings is 1. The molecular formula is C25H30N2O3. The second kappa shape index (κ2) is 7.24. The predicted molar refractivity (Wildman–Crippen MR) is 116 cm³/mol. The molecule has 3 aliphatic heterocycles. The number of nitrogens with zero attached hydrogens (tertiary/aromatic N) is 2. The summed E-state index contributed by atoms with van der Waals surface area (Å²) in [5, 5.41) is 11.5. The third-order valence-electron chi connectivity index (χ3n) is 7.99. The first-order chi connectivity index (χ1) is 14.7. The lowest BCUT2D eigenvalue weighted by atomic mass is 9.68. The fraction of sp³-hybridized carbons (Fsp3) is 0.560. The number of phenolic OH excluding ortho intramolecular Hbond substituents is 1. The fourth-order valence-corrected chi connectivity index (χ4v) is 6.80. The zero-order valence-corrected chi connectivity index (χ0v) is 17.4. The molecule has 2 aromatic rings. The molecule has 1 aromatic heterocycles. The summed E-state index contributed by atoms with van der Waals surface area (Å²) in [6.07, 6.45) is 10.4. The van der Waals surface area contributed by atoms with Crippen molar-refractivity contribution in [1.29, 1.82) is 0 Å². The van der Waals surface area contributed by atoms with Gasteiger partial charge in [-0.05, 0) is 75.2 Å². The summed E-state index contributed by atoms with van der Waals surface area (Å²) in [6.45, 7) is 4.11. The van der Waals surface area contributed by atoms with Crippen molar-refractivity contribution in [3.05, 3.63) is 51.9 Å². The first kappa shape index (κ1) is 18.6. The molecular weight excluding hydrogens is 376 g/mol. The van der Waals surface area contributed by atoms with Crippen molar-refractivity contribution < 1.29 is 9.52 Å². The van der Waals surface area contributed by atoms with E-state index in [1.54, 1.807) is 17.7 Å². The third kappa shape index (κ3) is 3.02. The van der Waals surface area contributed by atoms with Crippen molar-refractivity contribution in [2.75, 3.05) is 19.6 Å². The molecule has 158 valence electrons. The number of hydrogen-bond acceptors (Lipinski definition) is 5. The minimum absolute atomic E-state index is 0.223. The van der Waals surface area contributed by atoms with Crippen LogP contribution in [0, 0.1) is 11.8 Å². The summed E-state index contributed by atoms with van der Waals surface area (Å²) >= 11 is 0. The molecule has 4 heterocycles. The van der Waals surface area contributed by atoms with Crippen molar-refractivity contribution in [3.8, 4) is 5.75 Å². The Kier molecular flexibility index (Phi) is 4.50. The maximum Gasteiger partial charge on any atom is 0.336 e. The summed E-state index contributed by atoms with van der Waals surface area (Å²) in [4.78, 5) is 17.2. The lowest BCUT2D eigenvalue weighted by Crippen LogP contribution is -2.59. The Morgan fingerprint density at radius 3 is 2.93 bits per heavy atom. The lowest BCUT2D eigenvalue weighted by molar-refractivity contribution is -0.00274. The van der Waals surface area contributed by atoms with Crippen LogP contribution in [-0.2, 0) is 6.54 Å². The van der Waals surface area contributed by atoms with Gasteiger partial charge in [0.2, 0.25) is 0 Å². The lowest BCUT2D eigenvalue weighted by Gasteiger charge is -2.54. The molecule has 0 unspecified atom stereocenters. The van der Waals surface area contributed by atoms with Crippen LogP contribution >= 0.6 is 0 Å². The van der Waals surface area contributed by atoms with Gasteiger partial charge in [0.05, 0.1) is 5.56 Å². The van der Waals surface area contributed by atoms with Gasteiger partial charge >= 0.3 is 5.63 Å². The van der Waals surface area contributed by atoms with Gasteiger partial charge in [-0.15, -0.1) is 0 Å². The van der Waals surface area contributed by atoms with E-state index in [4.69, 9.17) is 4.42 Å². The maximum atomic E-state index is 11.9. The van der Waals surface area contributed by atoms with Gasteiger partial charge in [0.15, 0.2) is 0 Å². The van der Waals surface area contributed by atoms with Crippen molar-refractivity contribution in [2.45, 2.75) is 57.2 Å². The topological polar surface area (TPSA) is 56.9 Å². The molecule has 5 nitrogen and oxygen atoms in total. The van der Waals surface area contributed by atoms with Gasteiger partial charge < -0.3 is 9.52 Å². The third-order valence-corrected chi connectivity index (χ3v) is 7.99. The summed E-state index contributed by atoms with van der Waals surface area (Å²) in [7, 11) is 0. The molecule has 1 aliphatic carbocycles. The highest BCUT2D eigenvalue weighted by atomic mass is 16.4. The number of phenols is 1. The Morgan fingerprint density at radius 1 is 1.10 bits per heavy atom. The van der Waals surface area contributed by atoms with E-state index in [1.165, 1.54) is 51.3 Å². The number of piperidine rings is 3. The molecule has 3 saturated heterocycles. The second-order valence-electron chi connectivity index (χ2n) is 9.71. The van der Waals surface area contributed by atoms with Crippen LogP contribution in [-0.4, -0.2) is 46.6 Å². The summed E-state index contributed by atoms with van der Waals surface area (Å²) in [5.74, 6) is 1.61. The van der Waals surface area contributed by atoms with E-state index < -0.39 is 0 Å². The van der Waals surface area contributed by atoms with Crippen LogP contribution in [0.2, 0.25) is 0 Å². The molecule has 4 aliphatic rings. The van der Waals surface area contributed by atoms with Gasteiger partial charge in [0, 0.05) is 36.6 Å². The van der Waals surface area contributed by atoms with Crippen molar-refractivity contribution >= 4 is 11.0 Å². The SMILES string of the molecule is O=c1ccc2ccc(O)c(CN3CCCC4=C[C@H]5C[C@@H](CN6CCCC[C@H]56)[C@@H]43)c2o1. The largest absolute Gasteiger partial charge is 0.507 e. The van der Waals surface area contributed by atoms with Crippen LogP contribution in [0.15, 0.2) is 45.1 Å². The first-order valence-corrected chi connectivity index (χ1v) is 11.6. The summed E-state index contributed by atoms with van der Waals surface area (Å²) in [5.41, 5.74) is 2.54. The highest BCUT2D eigenvalue weighted by Crippen LogP contribution is 2.45. The van der Waals surface area contributed by atoms with Gasteiger partial charge in [-0.2, -0.15) is 0 Å². The molecule has 30 heavy (non-hydrogen) atoms. The van der Waals surface area contributed by atoms with Crippen LogP contribution in [0.25, 0.3) is 11.0 Å². The van der Waals surface area contributed by atoms with Gasteiger partial charge in [0.25, 0.3) is 0 Å². The molecule has 3 fully saturated rings. The molecule has 2 bridgehead atoms. The molecule has 6 rings (SSSR count). The van der Waals surface area contributed by atoms with Crippen LogP contribution in [0.4, 0.5) is 0 Å². The first-order valence-electron chi connectivity index (χ1n) is 11.6. The molecule has 4 atom stereocenters. The van der Waals surface area contributed by atoms with Gasteiger partial charge in [-0.1, -0.05) is 18.1 Å². The Balaban J connectivity index is 1.36. The molecule has 1 aromatic carbocycles. The van der Waals surface area contributed by atoms with Gasteiger partial charge in [-0.3, -0.25) is 9.80 Å². The molecule has 0 radical (unpaired) electrons. The Hall–Kier alpha value is -2.11. The molecule has 5 heteroatoms. The van der Waals surface area contributed by atoms with E-state index in [0.29, 0.717) is 24.1 Å². The van der Waals surface area contributed by atoms with Crippen LogP contribution in [0.3, 0.4) is 0 Å². The normalized spacial score (nSPS) is 31.8. The standard InChI is InChI=1S/C25H30N2O3/c28-22-8-6-16-7-9-23(29)30-25(16)20(22)15-27-11-3-4-17-12-18-13-19(24(17)27)14-26-10-2-1-5-21(18)26/h6-9,12,18-19,21,24,28H,1-5,10-11,13-15H2/t18-,19-,21+,24+/m0/s1. The predicted octanol–water partition coefficient (Wildman–Crippen LogP) is 3.89. The van der Waals surface area contributed by atoms with E-state index in [2.05, 4.69) is 15.9 Å². The van der Waals surface area contributed by atoms with Gasteiger partial charge in [-0.25, -0.2) is 4.79 Å². The Bertz CT molecular complexity index is 1060. The number of aromatic hydroxyl groups is 1. The molecule has 1 N–H and O–H groups in total. The Morgan fingerprint density at radius 2 is 2.00 bits per heavy atom. The van der Waals surface area contributed by atoms with E-state index in [1.807, 2.05) is 6.07 Å². The van der Waals surface area contributed by atoms with Crippen LogP contribution in [0.1, 0.15) is 44.1 Å². The summed E-state index contributed by atoms with van der Waals surface area (Å²) < 4.78 is 5.54. The Labute approximate surface area is 177 Å². The maximum absolute atomic E-state index is 11.9. The number of fused-ring (bicyclic) bond motifs is 7. The quantitative estimate of drug-likeness (QED) is 0.606. The second-order valence-corrected chi connectivity index (χ2v) is 9.71. The average molecular weight is 407 g/mol. The number of hydrogen-bond donors (Lipinski definition) is 1. The van der Waals surface area contributed by atoms with E-state index >= 15 is 0 Å². The van der Waals surface area contributed by atoms with E-state index in [9.17, 15) is 9.90 Å². The van der Waals surface area contributed by atoms with E-state index in [-0.39, 0.29) is 11.4 Å². The number of likely N-dealkylation sites (tertiary alicyclic amines) is 1.